The van der Waals surface area contributed by atoms with Gasteiger partial charge in [0.15, 0.2) is 0 Å². The molecule has 0 aliphatic carbocycles. The summed E-state index contributed by atoms with van der Waals surface area (Å²) in [6, 6.07) is 4.62. The molecule has 1 aromatic heterocycles. The second kappa shape index (κ2) is 6.63. The molecule has 0 spiro atoms. The van der Waals surface area contributed by atoms with Crippen LogP contribution in [0.1, 0.15) is 36.5 Å². The summed E-state index contributed by atoms with van der Waals surface area (Å²) in [6.07, 6.45) is 2.69. The van der Waals surface area contributed by atoms with Crippen molar-refractivity contribution in [2.75, 3.05) is 0 Å². The van der Waals surface area contributed by atoms with E-state index in [1.165, 1.54) is 6.07 Å². The van der Waals surface area contributed by atoms with Crippen molar-refractivity contribution in [2.24, 2.45) is 0 Å². The Hall–Kier alpha value is -2.01. The van der Waals surface area contributed by atoms with Crippen molar-refractivity contribution >= 4 is 17.5 Å². The average Bonchev–Trinajstić information content (AvgIpc) is 2.87. The standard InChI is InChI=1S/C15H18ClN3O2/c1-3-12(15-17-8-9(2)18-15)19-14(21)7-10-4-5-13(20)11(16)6-10/h4-6,8,12,20H,3,7H2,1-2H3,(H,17,18)(H,19,21). The number of halogens is 1. The van der Waals surface area contributed by atoms with Gasteiger partial charge in [0.05, 0.1) is 17.5 Å². The van der Waals surface area contributed by atoms with Gasteiger partial charge in [-0.3, -0.25) is 4.79 Å². The molecule has 1 unspecified atom stereocenters. The monoisotopic (exact) mass is 307 g/mol. The van der Waals surface area contributed by atoms with Crippen LogP contribution in [-0.4, -0.2) is 21.0 Å². The van der Waals surface area contributed by atoms with Crippen LogP contribution in [0.25, 0.3) is 0 Å². The molecule has 1 amide bonds. The van der Waals surface area contributed by atoms with Crippen molar-refractivity contribution in [3.8, 4) is 5.75 Å². The number of phenols is 1. The first-order chi connectivity index (χ1) is 9.99. The molecule has 0 saturated carbocycles. The van der Waals surface area contributed by atoms with Crippen LogP contribution >= 0.6 is 11.6 Å². The van der Waals surface area contributed by atoms with E-state index in [1.807, 2.05) is 13.8 Å². The summed E-state index contributed by atoms with van der Waals surface area (Å²) >= 11 is 5.83. The van der Waals surface area contributed by atoms with Crippen LogP contribution in [0.4, 0.5) is 0 Å². The quantitative estimate of drug-likeness (QED) is 0.795. The van der Waals surface area contributed by atoms with E-state index in [1.54, 1.807) is 18.3 Å². The summed E-state index contributed by atoms with van der Waals surface area (Å²) in [5.74, 6) is 0.656. The van der Waals surface area contributed by atoms with E-state index < -0.39 is 0 Å². The minimum atomic E-state index is -0.140. The normalized spacial score (nSPS) is 12.1. The lowest BCUT2D eigenvalue weighted by Gasteiger charge is -2.15. The molecule has 0 aliphatic heterocycles. The van der Waals surface area contributed by atoms with Crippen molar-refractivity contribution in [3.05, 3.63) is 46.5 Å². The number of nitrogens with one attached hydrogen (secondary N) is 2. The highest BCUT2D eigenvalue weighted by atomic mass is 35.5. The SMILES string of the molecule is CCC(NC(=O)Cc1ccc(O)c(Cl)c1)c1ncc(C)[nH]1. The van der Waals surface area contributed by atoms with Gasteiger partial charge >= 0.3 is 0 Å². The molecule has 1 aromatic carbocycles. The molecule has 0 bridgehead atoms. The lowest BCUT2D eigenvalue weighted by molar-refractivity contribution is -0.121. The number of H-pyrrole nitrogens is 1. The van der Waals surface area contributed by atoms with Crippen LogP contribution in [0.15, 0.2) is 24.4 Å². The van der Waals surface area contributed by atoms with E-state index in [4.69, 9.17) is 11.6 Å². The van der Waals surface area contributed by atoms with Gasteiger partial charge in [0.1, 0.15) is 11.6 Å². The van der Waals surface area contributed by atoms with Gasteiger partial charge in [-0.25, -0.2) is 4.98 Å². The number of carbonyl (C=O) groups is 1. The van der Waals surface area contributed by atoms with Crippen LogP contribution in [0.2, 0.25) is 5.02 Å². The Bertz CT molecular complexity index is 640. The number of aromatic amines is 1. The number of nitrogens with zero attached hydrogens (tertiary/aromatic N) is 1. The van der Waals surface area contributed by atoms with Gasteiger partial charge < -0.3 is 15.4 Å². The molecule has 2 aromatic rings. The number of imidazole rings is 1. The summed E-state index contributed by atoms with van der Waals surface area (Å²) < 4.78 is 0. The third kappa shape index (κ3) is 3.98. The number of amides is 1. The number of aromatic hydroxyl groups is 1. The number of benzene rings is 1. The van der Waals surface area contributed by atoms with Gasteiger partial charge in [-0.05, 0) is 31.0 Å². The van der Waals surface area contributed by atoms with Crippen molar-refractivity contribution in [1.29, 1.82) is 0 Å². The van der Waals surface area contributed by atoms with Crippen LogP contribution in [-0.2, 0) is 11.2 Å². The summed E-state index contributed by atoms with van der Waals surface area (Å²) in [5, 5.41) is 12.6. The fraction of sp³-hybridized carbons (Fsp3) is 0.333. The maximum atomic E-state index is 12.1. The van der Waals surface area contributed by atoms with E-state index in [0.717, 1.165) is 23.5 Å². The second-order valence-corrected chi connectivity index (χ2v) is 5.35. The summed E-state index contributed by atoms with van der Waals surface area (Å²) in [6.45, 7) is 3.91. The summed E-state index contributed by atoms with van der Waals surface area (Å²) in [7, 11) is 0. The Morgan fingerprint density at radius 3 is 2.86 bits per heavy atom. The van der Waals surface area contributed by atoms with Gasteiger partial charge in [-0.2, -0.15) is 0 Å². The highest BCUT2D eigenvalue weighted by Gasteiger charge is 2.16. The van der Waals surface area contributed by atoms with Gasteiger partial charge in [-0.1, -0.05) is 24.6 Å². The van der Waals surface area contributed by atoms with E-state index in [2.05, 4.69) is 15.3 Å². The van der Waals surface area contributed by atoms with Crippen LogP contribution in [0.5, 0.6) is 5.75 Å². The lowest BCUT2D eigenvalue weighted by atomic mass is 10.1. The smallest absolute Gasteiger partial charge is 0.225 e. The zero-order valence-corrected chi connectivity index (χ0v) is 12.7. The highest BCUT2D eigenvalue weighted by molar-refractivity contribution is 6.32. The fourth-order valence-electron chi connectivity index (χ4n) is 2.06. The van der Waals surface area contributed by atoms with Crippen molar-refractivity contribution < 1.29 is 9.90 Å². The number of hydrogen-bond acceptors (Lipinski definition) is 3. The number of phenolic OH excluding ortho intramolecular Hbond substituents is 1. The maximum Gasteiger partial charge on any atom is 0.225 e. The molecule has 112 valence electrons. The third-order valence-electron chi connectivity index (χ3n) is 3.17. The Labute approximate surface area is 128 Å². The zero-order chi connectivity index (χ0) is 15.4. The van der Waals surface area contributed by atoms with Crippen LogP contribution < -0.4 is 5.32 Å². The number of aryl methyl sites for hydroxylation is 1. The molecule has 0 aliphatic rings. The molecule has 0 radical (unpaired) electrons. The minimum Gasteiger partial charge on any atom is -0.506 e. The van der Waals surface area contributed by atoms with Gasteiger partial charge in [0.25, 0.3) is 0 Å². The van der Waals surface area contributed by atoms with Gasteiger partial charge in [0.2, 0.25) is 5.91 Å². The first-order valence-corrected chi connectivity index (χ1v) is 7.15. The minimum absolute atomic E-state index is 0.0123. The molecule has 0 saturated heterocycles. The first kappa shape index (κ1) is 15.4. The van der Waals surface area contributed by atoms with Crippen molar-refractivity contribution in [3.63, 3.8) is 0 Å². The van der Waals surface area contributed by atoms with Crippen LogP contribution in [0.3, 0.4) is 0 Å². The van der Waals surface area contributed by atoms with Gasteiger partial charge in [-0.15, -0.1) is 0 Å². The Kier molecular flexibility index (Phi) is 4.85. The average molecular weight is 308 g/mol. The van der Waals surface area contributed by atoms with Crippen molar-refractivity contribution in [2.45, 2.75) is 32.7 Å². The number of carbonyl (C=O) groups excluding carboxylic acids is 1. The molecule has 5 nitrogen and oxygen atoms in total. The number of hydrogen-bond donors (Lipinski definition) is 3. The molecule has 6 heteroatoms. The largest absolute Gasteiger partial charge is 0.506 e. The molecular formula is C15H18ClN3O2. The second-order valence-electron chi connectivity index (χ2n) is 4.94. The Morgan fingerprint density at radius 1 is 1.52 bits per heavy atom. The third-order valence-corrected chi connectivity index (χ3v) is 3.48. The zero-order valence-electron chi connectivity index (χ0n) is 12.0. The highest BCUT2D eigenvalue weighted by Crippen LogP contribution is 2.24. The van der Waals surface area contributed by atoms with E-state index in [0.29, 0.717) is 0 Å². The maximum absolute atomic E-state index is 12.1. The Morgan fingerprint density at radius 2 is 2.29 bits per heavy atom. The molecule has 2 rings (SSSR count). The van der Waals surface area contributed by atoms with Gasteiger partial charge in [0, 0.05) is 11.9 Å². The summed E-state index contributed by atoms with van der Waals surface area (Å²) in [5.41, 5.74) is 1.71. The number of aromatic nitrogens is 2. The number of rotatable bonds is 5. The Balaban J connectivity index is 2.01. The first-order valence-electron chi connectivity index (χ1n) is 6.78. The van der Waals surface area contributed by atoms with E-state index >= 15 is 0 Å². The van der Waals surface area contributed by atoms with Crippen molar-refractivity contribution in [1.82, 2.24) is 15.3 Å². The molecule has 1 heterocycles. The molecule has 3 N–H and O–H groups in total. The lowest BCUT2D eigenvalue weighted by Crippen LogP contribution is -2.30. The molecule has 21 heavy (non-hydrogen) atoms. The molecule has 0 fully saturated rings. The van der Waals surface area contributed by atoms with Crippen LogP contribution in [0, 0.1) is 6.92 Å². The molecular weight excluding hydrogens is 290 g/mol. The topological polar surface area (TPSA) is 78.0 Å². The predicted octanol–water partition coefficient (Wildman–Crippen LogP) is 2.89. The fourth-order valence-corrected chi connectivity index (χ4v) is 2.27. The predicted molar refractivity (Wildman–Crippen MR) is 81.3 cm³/mol. The van der Waals surface area contributed by atoms with E-state index in [-0.39, 0.29) is 29.1 Å². The molecule has 1 atom stereocenters. The summed E-state index contributed by atoms with van der Waals surface area (Å²) in [4.78, 5) is 19.5. The van der Waals surface area contributed by atoms with E-state index in [9.17, 15) is 9.90 Å².